The summed E-state index contributed by atoms with van der Waals surface area (Å²) in [6, 6.07) is 10.2. The number of aliphatic hydroxyl groups is 1. The van der Waals surface area contributed by atoms with E-state index >= 15 is 0 Å². The number of hydrogen-bond acceptors (Lipinski definition) is 3. The minimum absolute atomic E-state index is 0.200. The van der Waals surface area contributed by atoms with Gasteiger partial charge >= 0.3 is 0 Å². The van der Waals surface area contributed by atoms with Crippen molar-refractivity contribution in [1.29, 1.82) is 0 Å². The lowest BCUT2D eigenvalue weighted by Crippen LogP contribution is -1.94. The van der Waals surface area contributed by atoms with Gasteiger partial charge in [-0.1, -0.05) is 44.2 Å². The normalized spacial score (nSPS) is 11.5. The highest BCUT2D eigenvalue weighted by molar-refractivity contribution is 7.99. The predicted molar refractivity (Wildman–Crippen MR) is 66.8 cm³/mol. The van der Waals surface area contributed by atoms with Crippen molar-refractivity contribution in [3.63, 3.8) is 0 Å². The first-order chi connectivity index (χ1) is 7.34. The Morgan fingerprint density at radius 2 is 1.87 bits per heavy atom. The summed E-state index contributed by atoms with van der Waals surface area (Å²) in [5.74, 6) is 0.534. The molecule has 0 bridgehead atoms. The van der Waals surface area contributed by atoms with Crippen LogP contribution >= 0.6 is 11.8 Å². The summed E-state index contributed by atoms with van der Waals surface area (Å²) in [5.41, 5.74) is 1.29. The van der Waals surface area contributed by atoms with Crippen LogP contribution in [0.2, 0.25) is 0 Å². The van der Waals surface area contributed by atoms with E-state index in [0.29, 0.717) is 11.2 Å². The lowest BCUT2D eigenvalue weighted by Gasteiger charge is -2.10. The van der Waals surface area contributed by atoms with E-state index < -0.39 is 0 Å². The van der Waals surface area contributed by atoms with Gasteiger partial charge in [0.25, 0.3) is 0 Å². The lowest BCUT2D eigenvalue weighted by atomic mass is 10.2. The fourth-order valence-electron chi connectivity index (χ4n) is 1.01. The van der Waals surface area contributed by atoms with Gasteiger partial charge in [0.15, 0.2) is 0 Å². The molecule has 0 saturated heterocycles. The fourth-order valence-corrected chi connectivity index (χ4v) is 1.73. The summed E-state index contributed by atoms with van der Waals surface area (Å²) >= 11 is 1.67. The molecule has 1 N–H and O–H groups in total. The maximum atomic E-state index is 8.41. The topological polar surface area (TPSA) is 29.5 Å². The second-order valence-corrected chi connectivity index (χ2v) is 3.95. The average molecular weight is 228 g/mol. The average Bonchev–Trinajstić information content (AvgIpc) is 2.33. The van der Waals surface area contributed by atoms with Gasteiger partial charge in [-0.25, -0.2) is 0 Å². The van der Waals surface area contributed by atoms with E-state index in [1.807, 2.05) is 32.0 Å². The van der Waals surface area contributed by atoms with Crippen molar-refractivity contribution in [2.24, 2.45) is 0 Å². The third kappa shape index (κ3) is 6.55. The third-order valence-electron chi connectivity index (χ3n) is 1.76. The van der Waals surface area contributed by atoms with Crippen molar-refractivity contribution in [3.8, 4) is 0 Å². The number of hydrogen-bond donors (Lipinski definition) is 1. The molecule has 15 heavy (non-hydrogen) atoms. The molecular formula is C12H20O2S. The highest BCUT2D eigenvalue weighted by atomic mass is 32.2. The summed E-state index contributed by atoms with van der Waals surface area (Å²) in [6.45, 7) is 5.93. The van der Waals surface area contributed by atoms with Crippen LogP contribution in [0.15, 0.2) is 30.3 Å². The van der Waals surface area contributed by atoms with Crippen LogP contribution in [0.1, 0.15) is 31.6 Å². The van der Waals surface area contributed by atoms with Gasteiger partial charge in [-0.3, -0.25) is 0 Å². The lowest BCUT2D eigenvalue weighted by molar-refractivity contribution is 0.0239. The van der Waals surface area contributed by atoms with Crippen molar-refractivity contribution in [1.82, 2.24) is 0 Å². The molecule has 3 heteroatoms. The molecule has 0 radical (unpaired) electrons. The molecule has 0 aliphatic heterocycles. The number of ether oxygens (including phenoxy) is 1. The summed E-state index contributed by atoms with van der Waals surface area (Å²) in [7, 11) is 0. The van der Waals surface area contributed by atoms with Crippen molar-refractivity contribution >= 4 is 11.8 Å². The van der Waals surface area contributed by atoms with Crippen LogP contribution in [0.5, 0.6) is 0 Å². The third-order valence-corrected chi connectivity index (χ3v) is 2.84. The van der Waals surface area contributed by atoms with E-state index in [2.05, 4.69) is 19.1 Å². The van der Waals surface area contributed by atoms with Gasteiger partial charge in [-0.15, -0.1) is 11.8 Å². The van der Waals surface area contributed by atoms with Gasteiger partial charge < -0.3 is 9.84 Å². The molecule has 0 heterocycles. The van der Waals surface area contributed by atoms with E-state index in [-0.39, 0.29) is 6.79 Å². The van der Waals surface area contributed by atoms with Gasteiger partial charge in [-0.05, 0) is 12.5 Å². The maximum absolute atomic E-state index is 8.41. The zero-order valence-corrected chi connectivity index (χ0v) is 10.5. The number of thioether (sulfide) groups is 1. The van der Waals surface area contributed by atoms with Crippen LogP contribution in [0.3, 0.4) is 0 Å². The Labute approximate surface area is 96.7 Å². The summed E-state index contributed by atoms with van der Waals surface area (Å²) < 4.78 is 4.84. The summed E-state index contributed by atoms with van der Waals surface area (Å²) in [4.78, 5) is 0. The Morgan fingerprint density at radius 1 is 1.27 bits per heavy atom. The van der Waals surface area contributed by atoms with Crippen LogP contribution in [-0.2, 0) is 4.74 Å². The van der Waals surface area contributed by atoms with Gasteiger partial charge in [0.1, 0.15) is 6.79 Å². The first-order valence-electron chi connectivity index (χ1n) is 5.19. The summed E-state index contributed by atoms with van der Waals surface area (Å²) in [5, 5.41) is 8.82. The van der Waals surface area contributed by atoms with Crippen molar-refractivity contribution in [3.05, 3.63) is 35.9 Å². The molecule has 86 valence electrons. The first kappa shape index (κ1) is 14.5. The minimum Gasteiger partial charge on any atom is -0.371 e. The second kappa shape index (κ2) is 10.0. The minimum atomic E-state index is -0.200. The molecule has 0 spiro atoms. The van der Waals surface area contributed by atoms with Gasteiger partial charge in [-0.2, -0.15) is 0 Å². The number of benzene rings is 1. The SMILES string of the molecule is CC.CC(SCOCO)c1ccccc1. The monoisotopic (exact) mass is 228 g/mol. The fraction of sp³-hybridized carbons (Fsp3) is 0.500. The molecule has 1 rings (SSSR count). The van der Waals surface area contributed by atoms with Crippen LogP contribution in [-0.4, -0.2) is 17.8 Å². The Bertz CT molecular complexity index is 226. The predicted octanol–water partition coefficient (Wildman–Crippen LogP) is 3.43. The van der Waals surface area contributed by atoms with Gasteiger partial charge in [0.05, 0.1) is 5.94 Å². The quantitative estimate of drug-likeness (QED) is 0.618. The molecule has 0 aliphatic rings. The van der Waals surface area contributed by atoms with E-state index in [0.717, 1.165) is 0 Å². The zero-order valence-electron chi connectivity index (χ0n) is 9.64. The largest absolute Gasteiger partial charge is 0.371 e. The second-order valence-electron chi connectivity index (χ2n) is 2.67. The molecule has 0 amide bonds. The van der Waals surface area contributed by atoms with Crippen LogP contribution < -0.4 is 0 Å². The first-order valence-corrected chi connectivity index (χ1v) is 6.24. The molecule has 0 saturated carbocycles. The molecule has 0 aromatic heterocycles. The molecule has 1 unspecified atom stereocenters. The molecule has 1 aromatic rings. The molecule has 0 fully saturated rings. The molecule has 1 aromatic carbocycles. The van der Waals surface area contributed by atoms with Crippen molar-refractivity contribution in [2.75, 3.05) is 12.7 Å². The maximum Gasteiger partial charge on any atom is 0.144 e. The van der Waals surface area contributed by atoms with Gasteiger partial charge in [0, 0.05) is 5.25 Å². The molecular weight excluding hydrogens is 208 g/mol. The molecule has 0 aliphatic carbocycles. The highest BCUT2D eigenvalue weighted by Crippen LogP contribution is 2.27. The van der Waals surface area contributed by atoms with Crippen LogP contribution in [0, 0.1) is 0 Å². The van der Waals surface area contributed by atoms with E-state index in [9.17, 15) is 0 Å². The Morgan fingerprint density at radius 3 is 2.40 bits per heavy atom. The van der Waals surface area contributed by atoms with Crippen LogP contribution in [0.4, 0.5) is 0 Å². The number of aliphatic hydroxyl groups excluding tert-OH is 1. The Kier molecular flexibility index (Phi) is 9.68. The molecule has 2 nitrogen and oxygen atoms in total. The number of rotatable bonds is 5. The standard InChI is InChI=1S/C10H14O2S.C2H6/c1-9(13-8-12-7-11)10-5-3-2-4-6-10;1-2/h2-6,9,11H,7-8H2,1H3;1-2H3. The Hall–Kier alpha value is -0.510. The van der Waals surface area contributed by atoms with E-state index in [1.54, 1.807) is 11.8 Å². The highest BCUT2D eigenvalue weighted by Gasteiger charge is 2.03. The van der Waals surface area contributed by atoms with Crippen molar-refractivity contribution in [2.45, 2.75) is 26.0 Å². The zero-order chi connectivity index (χ0) is 11.5. The van der Waals surface area contributed by atoms with E-state index in [4.69, 9.17) is 9.84 Å². The Balaban J connectivity index is 0.000000921. The van der Waals surface area contributed by atoms with Crippen LogP contribution in [0.25, 0.3) is 0 Å². The van der Waals surface area contributed by atoms with Crippen molar-refractivity contribution < 1.29 is 9.84 Å². The van der Waals surface area contributed by atoms with E-state index in [1.165, 1.54) is 5.56 Å². The van der Waals surface area contributed by atoms with Gasteiger partial charge in [0.2, 0.25) is 0 Å². The smallest absolute Gasteiger partial charge is 0.144 e. The molecule has 1 atom stereocenters. The summed E-state index contributed by atoms with van der Waals surface area (Å²) in [6.07, 6.45) is 0.